The molecule has 25 heavy (non-hydrogen) atoms. The van der Waals surface area contributed by atoms with Crippen molar-refractivity contribution in [3.63, 3.8) is 0 Å². The summed E-state index contributed by atoms with van der Waals surface area (Å²) in [5.74, 6) is -2.85. The maximum Gasteiger partial charge on any atom is 0.414 e. The van der Waals surface area contributed by atoms with Gasteiger partial charge in [-0.1, -0.05) is 19.3 Å². The molecule has 1 saturated heterocycles. The molecular weight excluding hydrogens is 326 g/mol. The lowest BCUT2D eigenvalue weighted by Crippen LogP contribution is -2.25. The number of aromatic nitrogens is 2. The predicted molar refractivity (Wildman–Crippen MR) is 90.8 cm³/mol. The molecule has 2 N–H and O–H groups in total. The third-order valence-corrected chi connectivity index (χ3v) is 4.57. The third-order valence-electron chi connectivity index (χ3n) is 4.57. The molecule has 1 aliphatic heterocycles. The lowest BCUT2D eigenvalue weighted by molar-refractivity contribution is -0.159. The number of hydrogen-bond acceptors (Lipinski definition) is 5. The van der Waals surface area contributed by atoms with E-state index in [0.717, 1.165) is 19.0 Å². The first-order chi connectivity index (χ1) is 12.1. The van der Waals surface area contributed by atoms with Crippen LogP contribution in [0.2, 0.25) is 0 Å². The second-order valence-corrected chi connectivity index (χ2v) is 6.43. The lowest BCUT2D eigenvalue weighted by atomic mass is 9.96. The zero-order valence-electron chi connectivity index (χ0n) is 14.5. The summed E-state index contributed by atoms with van der Waals surface area (Å²) in [5, 5.41) is 19.4. The van der Waals surface area contributed by atoms with E-state index < -0.39 is 11.9 Å². The molecule has 0 amide bonds. The summed E-state index contributed by atoms with van der Waals surface area (Å²) in [5.41, 5.74) is 0. The van der Waals surface area contributed by atoms with E-state index in [1.54, 1.807) is 0 Å². The van der Waals surface area contributed by atoms with Gasteiger partial charge < -0.3 is 14.9 Å². The van der Waals surface area contributed by atoms with Gasteiger partial charge in [0, 0.05) is 18.8 Å². The highest BCUT2D eigenvalue weighted by Gasteiger charge is 2.16. The SMILES string of the molecule is O=C(O)C(=O)O.c1cn(C2CCCCC2)nc1OCCN1CCCC1. The minimum absolute atomic E-state index is 0.602. The summed E-state index contributed by atoms with van der Waals surface area (Å²) in [4.78, 5) is 20.7. The topological polar surface area (TPSA) is 105 Å². The van der Waals surface area contributed by atoms with E-state index in [1.807, 2.05) is 6.07 Å². The number of ether oxygens (including phenoxy) is 1. The van der Waals surface area contributed by atoms with Gasteiger partial charge in [-0.15, -0.1) is 5.10 Å². The number of nitrogens with zero attached hydrogens (tertiary/aromatic N) is 3. The van der Waals surface area contributed by atoms with Crippen LogP contribution in [-0.4, -0.2) is 63.1 Å². The fourth-order valence-electron chi connectivity index (χ4n) is 3.23. The molecular formula is C17H27N3O5. The van der Waals surface area contributed by atoms with Crippen molar-refractivity contribution in [3.8, 4) is 5.88 Å². The number of aliphatic carboxylic acids is 2. The van der Waals surface area contributed by atoms with Crippen LogP contribution >= 0.6 is 0 Å². The van der Waals surface area contributed by atoms with Gasteiger partial charge in [-0.05, 0) is 38.8 Å². The molecule has 0 radical (unpaired) electrons. The Hall–Kier alpha value is -2.09. The van der Waals surface area contributed by atoms with Crippen molar-refractivity contribution in [2.75, 3.05) is 26.2 Å². The molecule has 2 fully saturated rings. The molecule has 1 saturated carbocycles. The smallest absolute Gasteiger partial charge is 0.414 e. The molecule has 1 aromatic heterocycles. The van der Waals surface area contributed by atoms with Gasteiger partial charge in [-0.2, -0.15) is 0 Å². The van der Waals surface area contributed by atoms with E-state index in [9.17, 15) is 0 Å². The van der Waals surface area contributed by atoms with Crippen molar-refractivity contribution in [2.45, 2.75) is 51.0 Å². The van der Waals surface area contributed by atoms with Gasteiger partial charge in [0.25, 0.3) is 0 Å². The third kappa shape index (κ3) is 6.74. The predicted octanol–water partition coefficient (Wildman–Crippen LogP) is 2.02. The normalized spacial score (nSPS) is 18.4. The van der Waals surface area contributed by atoms with Crippen LogP contribution in [-0.2, 0) is 9.59 Å². The van der Waals surface area contributed by atoms with Crippen molar-refractivity contribution in [1.82, 2.24) is 14.7 Å². The van der Waals surface area contributed by atoms with Gasteiger partial charge in [0.05, 0.1) is 6.04 Å². The standard InChI is InChI=1S/C15H25N3O.C2H2O4/c1-2-6-14(7-3-1)18-11-8-15(16-18)19-13-12-17-9-4-5-10-17;3-1(4)2(5)6/h8,11,14H,1-7,9-10,12-13H2;(H,3,4)(H,5,6). The summed E-state index contributed by atoms with van der Waals surface area (Å²) in [6.45, 7) is 4.28. The quantitative estimate of drug-likeness (QED) is 0.780. The molecule has 140 valence electrons. The van der Waals surface area contributed by atoms with Gasteiger partial charge in [-0.25, -0.2) is 9.59 Å². The molecule has 8 heteroatoms. The Bertz CT molecular complexity index is 536. The van der Waals surface area contributed by atoms with Crippen LogP contribution in [0.3, 0.4) is 0 Å². The van der Waals surface area contributed by atoms with Crippen LogP contribution in [0.15, 0.2) is 12.3 Å². The second-order valence-electron chi connectivity index (χ2n) is 6.43. The van der Waals surface area contributed by atoms with E-state index >= 15 is 0 Å². The molecule has 2 aliphatic rings. The highest BCUT2D eigenvalue weighted by molar-refractivity contribution is 6.27. The second kappa shape index (κ2) is 10.0. The summed E-state index contributed by atoms with van der Waals surface area (Å²) in [6.07, 6.45) is 11.4. The van der Waals surface area contributed by atoms with Crippen LogP contribution in [0, 0.1) is 0 Å². The summed E-state index contributed by atoms with van der Waals surface area (Å²) in [6, 6.07) is 2.61. The first-order valence-electron chi connectivity index (χ1n) is 8.93. The average Bonchev–Trinajstić information content (AvgIpc) is 3.28. The number of carbonyl (C=O) groups is 2. The lowest BCUT2D eigenvalue weighted by Gasteiger charge is -2.21. The van der Waals surface area contributed by atoms with Gasteiger partial charge >= 0.3 is 11.9 Å². The first-order valence-corrected chi connectivity index (χ1v) is 8.93. The molecule has 1 aliphatic carbocycles. The minimum Gasteiger partial charge on any atom is -0.475 e. The molecule has 0 atom stereocenters. The van der Waals surface area contributed by atoms with Crippen molar-refractivity contribution in [2.24, 2.45) is 0 Å². The van der Waals surface area contributed by atoms with Crippen molar-refractivity contribution < 1.29 is 24.5 Å². The Morgan fingerprint density at radius 2 is 1.72 bits per heavy atom. The van der Waals surface area contributed by atoms with Crippen LogP contribution in [0.25, 0.3) is 0 Å². The Morgan fingerprint density at radius 1 is 1.08 bits per heavy atom. The fraction of sp³-hybridized carbons (Fsp3) is 0.706. The zero-order valence-corrected chi connectivity index (χ0v) is 14.5. The Kier molecular flexibility index (Phi) is 7.72. The van der Waals surface area contributed by atoms with E-state index in [2.05, 4.69) is 20.9 Å². The Balaban J connectivity index is 0.000000326. The number of carboxylic acids is 2. The molecule has 8 nitrogen and oxygen atoms in total. The summed E-state index contributed by atoms with van der Waals surface area (Å²) >= 11 is 0. The van der Waals surface area contributed by atoms with Crippen molar-refractivity contribution >= 4 is 11.9 Å². The zero-order chi connectivity index (χ0) is 18.1. The molecule has 3 rings (SSSR count). The van der Waals surface area contributed by atoms with Crippen LogP contribution < -0.4 is 4.74 Å². The molecule has 0 bridgehead atoms. The maximum absolute atomic E-state index is 9.10. The molecule has 2 heterocycles. The summed E-state index contributed by atoms with van der Waals surface area (Å²) in [7, 11) is 0. The minimum atomic E-state index is -1.82. The highest BCUT2D eigenvalue weighted by Crippen LogP contribution is 2.28. The first kappa shape index (κ1) is 19.2. The molecule has 0 spiro atoms. The van der Waals surface area contributed by atoms with E-state index in [-0.39, 0.29) is 0 Å². The van der Waals surface area contributed by atoms with E-state index in [4.69, 9.17) is 24.5 Å². The maximum atomic E-state index is 9.10. The highest BCUT2D eigenvalue weighted by atomic mass is 16.5. The number of rotatable bonds is 5. The van der Waals surface area contributed by atoms with Crippen molar-refractivity contribution in [3.05, 3.63) is 12.3 Å². The average molecular weight is 353 g/mol. The molecule has 0 unspecified atom stereocenters. The van der Waals surface area contributed by atoms with Crippen molar-refractivity contribution in [1.29, 1.82) is 0 Å². The van der Waals surface area contributed by atoms with Gasteiger partial charge in [0.1, 0.15) is 6.61 Å². The molecule has 0 aromatic carbocycles. The number of carboxylic acid groups (broad SMARTS) is 2. The number of likely N-dealkylation sites (tertiary alicyclic amines) is 1. The van der Waals surface area contributed by atoms with Crippen LogP contribution in [0.1, 0.15) is 51.0 Å². The van der Waals surface area contributed by atoms with Gasteiger partial charge in [-0.3, -0.25) is 9.58 Å². The fourth-order valence-corrected chi connectivity index (χ4v) is 3.23. The van der Waals surface area contributed by atoms with Gasteiger partial charge in [0.15, 0.2) is 0 Å². The Labute approximate surface area is 147 Å². The van der Waals surface area contributed by atoms with Crippen LogP contribution in [0.5, 0.6) is 5.88 Å². The van der Waals surface area contributed by atoms with E-state index in [1.165, 1.54) is 58.0 Å². The van der Waals surface area contributed by atoms with E-state index in [0.29, 0.717) is 6.04 Å². The summed E-state index contributed by atoms with van der Waals surface area (Å²) < 4.78 is 7.88. The Morgan fingerprint density at radius 3 is 2.32 bits per heavy atom. The molecule has 1 aromatic rings. The monoisotopic (exact) mass is 353 g/mol. The largest absolute Gasteiger partial charge is 0.475 e. The van der Waals surface area contributed by atoms with Crippen LogP contribution in [0.4, 0.5) is 0 Å². The van der Waals surface area contributed by atoms with Gasteiger partial charge in [0.2, 0.25) is 5.88 Å². The number of hydrogen-bond donors (Lipinski definition) is 2.